The molecule has 3 heteroatoms. The molecule has 0 N–H and O–H groups in total. The van der Waals surface area contributed by atoms with Crippen LogP contribution in [0, 0.1) is 17.5 Å². The smallest absolute Gasteiger partial charge is 0.159 e. The average molecular weight is 352 g/mol. The van der Waals surface area contributed by atoms with Crippen LogP contribution in [0.15, 0.2) is 66.7 Å². The largest absolute Gasteiger partial charge is 0.206 e. The second kappa shape index (κ2) is 8.05. The van der Waals surface area contributed by atoms with Gasteiger partial charge in [0.1, 0.15) is 5.82 Å². The summed E-state index contributed by atoms with van der Waals surface area (Å²) in [5, 5.41) is 0. The summed E-state index contributed by atoms with van der Waals surface area (Å²) in [6.45, 7) is 2.12. The summed E-state index contributed by atoms with van der Waals surface area (Å²) in [4.78, 5) is 0. The van der Waals surface area contributed by atoms with Gasteiger partial charge < -0.3 is 0 Å². The van der Waals surface area contributed by atoms with Crippen LogP contribution in [0.2, 0.25) is 0 Å². The molecule has 132 valence electrons. The van der Waals surface area contributed by atoms with Gasteiger partial charge in [-0.25, -0.2) is 13.2 Å². The zero-order chi connectivity index (χ0) is 18.5. The lowest BCUT2D eigenvalue weighted by molar-refractivity contribution is 0.508. The fourth-order valence-electron chi connectivity index (χ4n) is 2.89. The Bertz CT molecular complexity index is 914. The lowest BCUT2D eigenvalue weighted by Crippen LogP contribution is -1.99. The topological polar surface area (TPSA) is 0 Å². The van der Waals surface area contributed by atoms with Crippen LogP contribution in [-0.2, 0) is 6.42 Å². The van der Waals surface area contributed by atoms with Crippen molar-refractivity contribution in [1.29, 1.82) is 0 Å². The average Bonchev–Trinajstić information content (AvgIpc) is 2.64. The molecule has 0 aliphatic rings. The number of halogens is 3. The van der Waals surface area contributed by atoms with E-state index < -0.39 is 11.6 Å². The molecule has 0 radical (unpaired) electrons. The highest BCUT2D eigenvalue weighted by Gasteiger charge is 2.08. The Kier molecular flexibility index (Phi) is 5.57. The molecule has 0 aromatic heterocycles. The summed E-state index contributed by atoms with van der Waals surface area (Å²) in [5.41, 5.74) is 3.02. The maximum absolute atomic E-state index is 14.4. The number of hydrogen-bond donors (Lipinski definition) is 0. The van der Waals surface area contributed by atoms with Gasteiger partial charge in [-0.15, -0.1) is 0 Å². The summed E-state index contributed by atoms with van der Waals surface area (Å²) in [7, 11) is 0. The molecule has 0 nitrogen and oxygen atoms in total. The second-order valence-electron chi connectivity index (χ2n) is 6.38. The molecule has 0 amide bonds. The van der Waals surface area contributed by atoms with Crippen molar-refractivity contribution in [1.82, 2.24) is 0 Å². The molecule has 0 fully saturated rings. The third-order valence-electron chi connectivity index (χ3n) is 4.37. The van der Waals surface area contributed by atoms with Crippen LogP contribution in [0.5, 0.6) is 0 Å². The van der Waals surface area contributed by atoms with Crippen LogP contribution >= 0.6 is 0 Å². The van der Waals surface area contributed by atoms with Crippen molar-refractivity contribution < 1.29 is 13.2 Å². The van der Waals surface area contributed by atoms with Crippen molar-refractivity contribution in [3.63, 3.8) is 0 Å². The SMILES string of the molecule is CC(Cc1ccc(/C=C/c2ccc(F)c(F)c2)c(F)c1)c1ccccc1. The van der Waals surface area contributed by atoms with Gasteiger partial charge in [0, 0.05) is 5.56 Å². The first-order valence-corrected chi connectivity index (χ1v) is 8.49. The Morgan fingerprint density at radius 2 is 1.54 bits per heavy atom. The molecule has 0 saturated heterocycles. The number of benzene rings is 3. The van der Waals surface area contributed by atoms with Crippen LogP contribution in [0.4, 0.5) is 13.2 Å². The quantitative estimate of drug-likeness (QED) is 0.453. The van der Waals surface area contributed by atoms with Crippen LogP contribution in [0.1, 0.15) is 35.1 Å². The van der Waals surface area contributed by atoms with Crippen LogP contribution in [-0.4, -0.2) is 0 Å². The van der Waals surface area contributed by atoms with Gasteiger partial charge in [0.05, 0.1) is 0 Å². The molecule has 0 heterocycles. The number of rotatable bonds is 5. The molecule has 26 heavy (non-hydrogen) atoms. The Labute approximate surface area is 151 Å². The van der Waals surface area contributed by atoms with Gasteiger partial charge in [-0.1, -0.05) is 67.6 Å². The molecular weight excluding hydrogens is 333 g/mol. The van der Waals surface area contributed by atoms with Gasteiger partial charge in [-0.2, -0.15) is 0 Å². The third kappa shape index (κ3) is 4.42. The number of hydrogen-bond acceptors (Lipinski definition) is 0. The van der Waals surface area contributed by atoms with Gasteiger partial charge in [-0.05, 0) is 47.2 Å². The van der Waals surface area contributed by atoms with Gasteiger partial charge in [0.25, 0.3) is 0 Å². The molecule has 0 spiro atoms. The first kappa shape index (κ1) is 18.0. The first-order valence-electron chi connectivity index (χ1n) is 8.49. The second-order valence-corrected chi connectivity index (χ2v) is 6.38. The molecule has 0 saturated carbocycles. The van der Waals surface area contributed by atoms with Crippen molar-refractivity contribution in [2.75, 3.05) is 0 Å². The third-order valence-corrected chi connectivity index (χ3v) is 4.37. The minimum absolute atomic E-state index is 0.291. The summed E-state index contributed by atoms with van der Waals surface area (Å²) < 4.78 is 40.5. The van der Waals surface area contributed by atoms with E-state index in [0.717, 1.165) is 24.1 Å². The van der Waals surface area contributed by atoms with E-state index in [1.807, 2.05) is 24.3 Å². The van der Waals surface area contributed by atoms with Crippen LogP contribution in [0.25, 0.3) is 12.2 Å². The molecule has 3 rings (SSSR count). The Hall–Kier alpha value is -2.81. The van der Waals surface area contributed by atoms with Gasteiger partial charge in [-0.3, -0.25) is 0 Å². The maximum atomic E-state index is 14.4. The van der Waals surface area contributed by atoms with E-state index in [1.165, 1.54) is 17.7 Å². The maximum Gasteiger partial charge on any atom is 0.159 e. The highest BCUT2D eigenvalue weighted by molar-refractivity contribution is 5.70. The Balaban J connectivity index is 1.73. The molecule has 3 aromatic rings. The summed E-state index contributed by atoms with van der Waals surface area (Å²) >= 11 is 0. The van der Waals surface area contributed by atoms with Gasteiger partial charge in [0.2, 0.25) is 0 Å². The van der Waals surface area contributed by atoms with Gasteiger partial charge in [0.15, 0.2) is 11.6 Å². The van der Waals surface area contributed by atoms with E-state index in [4.69, 9.17) is 0 Å². The van der Waals surface area contributed by atoms with E-state index in [-0.39, 0.29) is 5.82 Å². The fourth-order valence-corrected chi connectivity index (χ4v) is 2.89. The van der Waals surface area contributed by atoms with E-state index in [2.05, 4.69) is 19.1 Å². The summed E-state index contributed by atoms with van der Waals surface area (Å²) in [6.07, 6.45) is 3.87. The van der Waals surface area contributed by atoms with Crippen molar-refractivity contribution in [3.05, 3.63) is 106 Å². The lowest BCUT2D eigenvalue weighted by Gasteiger charge is -2.12. The Morgan fingerprint density at radius 3 is 2.23 bits per heavy atom. The highest BCUT2D eigenvalue weighted by Crippen LogP contribution is 2.22. The van der Waals surface area contributed by atoms with Crippen LogP contribution in [0.3, 0.4) is 0 Å². The van der Waals surface area contributed by atoms with Crippen molar-refractivity contribution in [2.45, 2.75) is 19.3 Å². The van der Waals surface area contributed by atoms with Crippen LogP contribution < -0.4 is 0 Å². The molecular formula is C23H19F3. The van der Waals surface area contributed by atoms with E-state index >= 15 is 0 Å². The standard InChI is InChI=1S/C23H19F3/c1-16(19-5-3-2-4-6-19)13-18-8-11-20(22(25)15-18)10-7-17-9-12-21(24)23(26)14-17/h2-12,14-16H,13H2,1H3/b10-7+. The monoisotopic (exact) mass is 352 g/mol. The Morgan fingerprint density at radius 1 is 0.769 bits per heavy atom. The predicted molar refractivity (Wildman–Crippen MR) is 100 cm³/mol. The summed E-state index contributed by atoms with van der Waals surface area (Å²) in [6, 6.07) is 18.8. The fraction of sp³-hybridized carbons (Fsp3) is 0.130. The first-order chi connectivity index (χ1) is 12.5. The van der Waals surface area contributed by atoms with Crippen molar-refractivity contribution in [3.8, 4) is 0 Å². The molecule has 1 atom stereocenters. The van der Waals surface area contributed by atoms with Crippen molar-refractivity contribution in [2.24, 2.45) is 0 Å². The predicted octanol–water partition coefficient (Wildman–Crippen LogP) is 6.62. The minimum Gasteiger partial charge on any atom is -0.206 e. The lowest BCUT2D eigenvalue weighted by atomic mass is 9.93. The van der Waals surface area contributed by atoms with E-state index in [1.54, 1.807) is 18.2 Å². The molecule has 3 aromatic carbocycles. The van der Waals surface area contributed by atoms with E-state index in [9.17, 15) is 13.2 Å². The normalized spacial score (nSPS) is 12.5. The van der Waals surface area contributed by atoms with Gasteiger partial charge >= 0.3 is 0 Å². The molecule has 0 aliphatic heterocycles. The zero-order valence-electron chi connectivity index (χ0n) is 14.4. The highest BCUT2D eigenvalue weighted by atomic mass is 19.2. The zero-order valence-corrected chi connectivity index (χ0v) is 14.4. The minimum atomic E-state index is -0.919. The molecule has 1 unspecified atom stereocenters. The van der Waals surface area contributed by atoms with Crippen molar-refractivity contribution >= 4 is 12.2 Å². The molecule has 0 bridgehead atoms. The summed E-state index contributed by atoms with van der Waals surface area (Å²) in [5.74, 6) is -1.86. The van der Waals surface area contributed by atoms with E-state index in [0.29, 0.717) is 17.0 Å². The molecule has 0 aliphatic carbocycles.